The van der Waals surface area contributed by atoms with Crippen LogP contribution >= 0.6 is 0 Å². The molecule has 5 heteroatoms. The summed E-state index contributed by atoms with van der Waals surface area (Å²) in [6.07, 6.45) is 0.982. The topological polar surface area (TPSA) is 44.8 Å². The molecular formula is C10H11N3O2. The van der Waals surface area contributed by atoms with Crippen LogP contribution in [-0.2, 0) is 16.1 Å². The molecule has 0 aliphatic carbocycles. The minimum absolute atomic E-state index is 0.241. The zero-order chi connectivity index (χ0) is 10.4. The van der Waals surface area contributed by atoms with E-state index in [1.807, 2.05) is 6.07 Å². The van der Waals surface area contributed by atoms with Crippen LogP contribution in [0.2, 0.25) is 0 Å². The predicted molar refractivity (Wildman–Crippen MR) is 54.7 cm³/mol. The van der Waals surface area contributed by atoms with Crippen molar-refractivity contribution >= 4 is 17.3 Å². The van der Waals surface area contributed by atoms with E-state index >= 15 is 0 Å². The van der Waals surface area contributed by atoms with E-state index in [1.165, 1.54) is 10.8 Å². The van der Waals surface area contributed by atoms with Crippen LogP contribution in [0, 0.1) is 0 Å². The van der Waals surface area contributed by atoms with Crippen LogP contribution in [0.25, 0.3) is 0 Å². The van der Waals surface area contributed by atoms with E-state index in [9.17, 15) is 4.79 Å². The van der Waals surface area contributed by atoms with Gasteiger partial charge < -0.3 is 4.84 Å². The van der Waals surface area contributed by atoms with Crippen molar-refractivity contribution in [1.29, 1.82) is 0 Å². The van der Waals surface area contributed by atoms with E-state index < -0.39 is 0 Å². The van der Waals surface area contributed by atoms with Gasteiger partial charge in [-0.3, -0.25) is 5.43 Å². The molecule has 0 atom stereocenters. The summed E-state index contributed by atoms with van der Waals surface area (Å²) in [7, 11) is 0. The highest BCUT2D eigenvalue weighted by Gasteiger charge is 2.37. The second-order valence-corrected chi connectivity index (χ2v) is 3.61. The maximum absolute atomic E-state index is 11.1. The van der Waals surface area contributed by atoms with Crippen molar-refractivity contribution in [1.82, 2.24) is 5.28 Å². The van der Waals surface area contributed by atoms with E-state index in [1.54, 1.807) is 5.01 Å². The van der Waals surface area contributed by atoms with Crippen LogP contribution in [0.4, 0.5) is 11.4 Å². The third-order valence-electron chi connectivity index (χ3n) is 2.65. The van der Waals surface area contributed by atoms with Gasteiger partial charge in [0.25, 0.3) is 0 Å². The van der Waals surface area contributed by atoms with Gasteiger partial charge >= 0.3 is 5.97 Å². The summed E-state index contributed by atoms with van der Waals surface area (Å²) in [5.74, 6) is -0.241. The molecule has 0 amide bonds. The molecule has 1 aromatic carbocycles. The Morgan fingerprint density at radius 3 is 3.20 bits per heavy atom. The number of hydrogen-bond acceptors (Lipinski definition) is 5. The first-order chi connectivity index (χ1) is 7.28. The van der Waals surface area contributed by atoms with Crippen molar-refractivity contribution in [2.24, 2.45) is 0 Å². The van der Waals surface area contributed by atoms with E-state index in [-0.39, 0.29) is 12.5 Å². The Bertz CT molecular complexity index is 433. The van der Waals surface area contributed by atoms with Crippen molar-refractivity contribution in [3.05, 3.63) is 23.8 Å². The summed E-state index contributed by atoms with van der Waals surface area (Å²) < 4.78 is 0. The standard InChI is InChI=1S/C10H11N3O2/c1-2-7-3-4-8-9(5-7)12-6-10(14)15-13(12)11-8/h3-5,11H,2,6H2,1H3. The smallest absolute Gasteiger partial charge is 0.326 e. The van der Waals surface area contributed by atoms with Crippen LogP contribution in [0.1, 0.15) is 12.5 Å². The lowest BCUT2D eigenvalue weighted by atomic mass is 10.1. The van der Waals surface area contributed by atoms with Gasteiger partial charge in [0, 0.05) is 0 Å². The Balaban J connectivity index is 2.02. The minimum Gasteiger partial charge on any atom is -0.326 e. The first kappa shape index (κ1) is 8.55. The molecule has 15 heavy (non-hydrogen) atoms. The molecule has 0 aromatic heterocycles. The number of carbonyl (C=O) groups is 1. The Labute approximate surface area is 87.1 Å². The number of hydrazine groups is 2. The molecule has 0 saturated carbocycles. The summed E-state index contributed by atoms with van der Waals surface area (Å²) >= 11 is 0. The molecule has 0 unspecified atom stereocenters. The number of benzene rings is 1. The van der Waals surface area contributed by atoms with Gasteiger partial charge in [0.05, 0.1) is 16.7 Å². The lowest BCUT2D eigenvalue weighted by Crippen LogP contribution is -2.33. The molecule has 1 aromatic rings. The van der Waals surface area contributed by atoms with Crippen molar-refractivity contribution in [2.75, 3.05) is 17.0 Å². The Morgan fingerprint density at radius 1 is 1.53 bits per heavy atom. The highest BCUT2D eigenvalue weighted by atomic mass is 16.8. The normalized spacial score (nSPS) is 18.5. The summed E-state index contributed by atoms with van der Waals surface area (Å²) in [6, 6.07) is 6.14. The molecule has 78 valence electrons. The lowest BCUT2D eigenvalue weighted by Gasteiger charge is -2.14. The highest BCUT2D eigenvalue weighted by molar-refractivity contribution is 5.84. The summed E-state index contributed by atoms with van der Waals surface area (Å²) in [6.45, 7) is 2.38. The first-order valence-electron chi connectivity index (χ1n) is 4.96. The van der Waals surface area contributed by atoms with E-state index in [0.717, 1.165) is 17.8 Å². The quantitative estimate of drug-likeness (QED) is 0.743. The maximum Gasteiger partial charge on any atom is 0.350 e. The third-order valence-corrected chi connectivity index (χ3v) is 2.65. The summed E-state index contributed by atoms with van der Waals surface area (Å²) in [4.78, 5) is 16.0. The molecule has 2 heterocycles. The fourth-order valence-electron chi connectivity index (χ4n) is 1.84. The molecule has 3 rings (SSSR count). The van der Waals surface area contributed by atoms with Gasteiger partial charge in [0.2, 0.25) is 0 Å². The van der Waals surface area contributed by atoms with E-state index in [0.29, 0.717) is 0 Å². The van der Waals surface area contributed by atoms with Crippen molar-refractivity contribution in [3.63, 3.8) is 0 Å². The maximum atomic E-state index is 11.1. The third kappa shape index (κ3) is 1.16. The molecule has 0 spiro atoms. The molecule has 1 fully saturated rings. The number of nitrogens with one attached hydrogen (secondary N) is 1. The molecular weight excluding hydrogens is 194 g/mol. The van der Waals surface area contributed by atoms with Crippen molar-refractivity contribution in [3.8, 4) is 0 Å². The van der Waals surface area contributed by atoms with Crippen LogP contribution in [0.3, 0.4) is 0 Å². The lowest BCUT2D eigenvalue weighted by molar-refractivity contribution is -0.164. The largest absolute Gasteiger partial charge is 0.350 e. The number of fused-ring (bicyclic) bond motifs is 3. The number of carbonyl (C=O) groups excluding carboxylic acids is 1. The molecule has 2 aliphatic heterocycles. The fourth-order valence-corrected chi connectivity index (χ4v) is 1.84. The van der Waals surface area contributed by atoms with Crippen LogP contribution in [-0.4, -0.2) is 17.8 Å². The van der Waals surface area contributed by atoms with Crippen molar-refractivity contribution in [2.45, 2.75) is 13.3 Å². The molecule has 1 N–H and O–H groups in total. The molecule has 0 radical (unpaired) electrons. The van der Waals surface area contributed by atoms with Gasteiger partial charge in [-0.05, 0) is 24.1 Å². The Morgan fingerprint density at radius 2 is 2.40 bits per heavy atom. The number of anilines is 2. The fraction of sp³-hybridized carbons (Fsp3) is 0.300. The molecule has 5 nitrogen and oxygen atoms in total. The van der Waals surface area contributed by atoms with Gasteiger partial charge in [-0.15, -0.1) is 0 Å². The van der Waals surface area contributed by atoms with Gasteiger partial charge in [-0.1, -0.05) is 13.0 Å². The average Bonchev–Trinajstić information content (AvgIpc) is 2.73. The summed E-state index contributed by atoms with van der Waals surface area (Å²) in [5, 5.41) is 3.17. The highest BCUT2D eigenvalue weighted by Crippen LogP contribution is 2.36. The summed E-state index contributed by atoms with van der Waals surface area (Å²) in [5.41, 5.74) is 6.21. The van der Waals surface area contributed by atoms with Crippen LogP contribution in [0.15, 0.2) is 18.2 Å². The predicted octanol–water partition coefficient (Wildman–Crippen LogP) is 1.08. The molecule has 1 saturated heterocycles. The number of aryl methyl sites for hydroxylation is 1. The Hall–Kier alpha value is -1.75. The van der Waals surface area contributed by atoms with Gasteiger partial charge in [-0.2, -0.15) is 0 Å². The van der Waals surface area contributed by atoms with Gasteiger partial charge in [0.15, 0.2) is 0 Å². The van der Waals surface area contributed by atoms with Crippen LogP contribution in [0.5, 0.6) is 0 Å². The van der Waals surface area contributed by atoms with Crippen LogP contribution < -0.4 is 10.4 Å². The Kier molecular flexibility index (Phi) is 1.63. The van der Waals surface area contributed by atoms with Crippen molar-refractivity contribution < 1.29 is 9.63 Å². The first-order valence-corrected chi connectivity index (χ1v) is 4.96. The SMILES string of the molecule is CCc1ccc2c(c1)N1CC(=O)ON1N2. The monoisotopic (exact) mass is 205 g/mol. The molecule has 2 aliphatic rings. The van der Waals surface area contributed by atoms with Gasteiger partial charge in [-0.25, -0.2) is 9.80 Å². The molecule has 0 bridgehead atoms. The second-order valence-electron chi connectivity index (χ2n) is 3.61. The second kappa shape index (κ2) is 2.87. The number of hydrogen-bond donors (Lipinski definition) is 1. The minimum atomic E-state index is -0.241. The number of rotatable bonds is 1. The zero-order valence-electron chi connectivity index (χ0n) is 8.36. The number of nitrogens with zero attached hydrogens (tertiary/aromatic N) is 2. The average molecular weight is 205 g/mol. The van der Waals surface area contributed by atoms with Gasteiger partial charge in [0.1, 0.15) is 6.54 Å². The van der Waals surface area contributed by atoms with E-state index in [4.69, 9.17) is 4.84 Å². The van der Waals surface area contributed by atoms with E-state index in [2.05, 4.69) is 24.5 Å². The zero-order valence-corrected chi connectivity index (χ0v) is 8.36.